The van der Waals surface area contributed by atoms with Crippen LogP contribution in [0, 0.1) is 5.92 Å². The fourth-order valence-electron chi connectivity index (χ4n) is 4.61. The van der Waals surface area contributed by atoms with E-state index in [1.807, 2.05) is 24.3 Å². The van der Waals surface area contributed by atoms with Crippen molar-refractivity contribution < 1.29 is 19.4 Å². The van der Waals surface area contributed by atoms with Crippen LogP contribution < -0.4 is 0 Å². The molecule has 0 radical (unpaired) electrons. The molecular weight excluding hydrogens is 408 g/mol. The Morgan fingerprint density at radius 2 is 1.94 bits per heavy atom. The molecule has 3 rings (SSSR count). The molecule has 1 aliphatic carbocycles. The van der Waals surface area contributed by atoms with Crippen LogP contribution in [0.2, 0.25) is 0 Å². The molecule has 0 aliphatic heterocycles. The third kappa shape index (κ3) is 6.27. The second kappa shape index (κ2) is 11.6. The number of rotatable bonds is 11. The summed E-state index contributed by atoms with van der Waals surface area (Å²) < 4.78 is 4.77. The molecule has 0 spiro atoms. The van der Waals surface area contributed by atoms with Crippen LogP contribution in [-0.4, -0.2) is 24.0 Å². The van der Waals surface area contributed by atoms with Crippen LogP contribution in [0.1, 0.15) is 96.0 Å². The highest BCUT2D eigenvalue weighted by atomic mass is 32.1. The van der Waals surface area contributed by atoms with Gasteiger partial charge in [0, 0.05) is 17.2 Å². The molecule has 1 N–H and O–H groups in total. The summed E-state index contributed by atoms with van der Waals surface area (Å²) >= 11 is 1.47. The monoisotopic (exact) mass is 442 g/mol. The second-order valence-corrected chi connectivity index (χ2v) is 9.71. The molecule has 0 amide bonds. The van der Waals surface area contributed by atoms with E-state index in [1.165, 1.54) is 24.0 Å². The van der Waals surface area contributed by atoms with Crippen molar-refractivity contribution in [2.75, 3.05) is 7.11 Å². The van der Waals surface area contributed by atoms with Gasteiger partial charge in [-0.2, -0.15) is 0 Å². The van der Waals surface area contributed by atoms with Crippen LogP contribution in [0.3, 0.4) is 0 Å². The highest BCUT2D eigenvalue weighted by Crippen LogP contribution is 2.40. The molecule has 0 saturated heterocycles. The number of carbonyl (C=O) groups excluding carboxylic acids is 2. The molecular formula is C26H34O4S. The van der Waals surface area contributed by atoms with Gasteiger partial charge in [0.25, 0.3) is 0 Å². The van der Waals surface area contributed by atoms with Gasteiger partial charge in [0.1, 0.15) is 10.7 Å². The molecule has 4 nitrogen and oxygen atoms in total. The van der Waals surface area contributed by atoms with Gasteiger partial charge in [0.2, 0.25) is 0 Å². The molecule has 1 fully saturated rings. The molecule has 2 aromatic rings. The Hall–Kier alpha value is -1.98. The number of aliphatic hydroxyl groups is 1. The van der Waals surface area contributed by atoms with Crippen LogP contribution in [0.5, 0.6) is 0 Å². The first kappa shape index (κ1) is 23.7. The SMILES string of the molecule is CCCCCC(O)c1ccc([C@@H]2CCC(=O)[C@@H]2CCCc2ccc(C(=O)OC)s2)cc1. The molecule has 0 bridgehead atoms. The number of aliphatic hydroxyl groups excluding tert-OH is 1. The Morgan fingerprint density at radius 3 is 2.65 bits per heavy atom. The van der Waals surface area contributed by atoms with Gasteiger partial charge in [0.15, 0.2) is 0 Å². The molecule has 31 heavy (non-hydrogen) atoms. The highest BCUT2D eigenvalue weighted by molar-refractivity contribution is 7.13. The number of carbonyl (C=O) groups is 2. The minimum Gasteiger partial charge on any atom is -0.465 e. The largest absolute Gasteiger partial charge is 0.465 e. The van der Waals surface area contributed by atoms with Crippen molar-refractivity contribution in [1.29, 1.82) is 0 Å². The second-order valence-electron chi connectivity index (χ2n) is 8.55. The Labute approximate surface area is 189 Å². The van der Waals surface area contributed by atoms with E-state index in [2.05, 4.69) is 19.1 Å². The van der Waals surface area contributed by atoms with Gasteiger partial charge in [-0.25, -0.2) is 4.79 Å². The van der Waals surface area contributed by atoms with E-state index in [-0.39, 0.29) is 17.8 Å². The molecule has 3 atom stereocenters. The number of unbranched alkanes of at least 4 members (excludes halogenated alkanes) is 2. The molecule has 168 valence electrons. The standard InChI is InChI=1S/C26H34O4S/c1-3-4-5-9-23(27)19-12-10-18(11-13-19)21-15-16-24(28)22(21)8-6-7-20-14-17-25(31-20)26(29)30-2/h10-14,17,21-23,27H,3-9,15-16H2,1-2H3/t21-,22+,23?/m0/s1. The smallest absolute Gasteiger partial charge is 0.348 e. The van der Waals surface area contributed by atoms with E-state index in [0.717, 1.165) is 61.8 Å². The quantitative estimate of drug-likeness (QED) is 0.331. The number of hydrogen-bond acceptors (Lipinski definition) is 5. The number of methoxy groups -OCH3 is 1. The van der Waals surface area contributed by atoms with E-state index in [4.69, 9.17) is 4.74 Å². The van der Waals surface area contributed by atoms with Gasteiger partial charge in [-0.1, -0.05) is 50.5 Å². The van der Waals surface area contributed by atoms with E-state index in [9.17, 15) is 14.7 Å². The van der Waals surface area contributed by atoms with Crippen LogP contribution in [0.4, 0.5) is 0 Å². The molecule has 1 heterocycles. The van der Waals surface area contributed by atoms with Crippen molar-refractivity contribution in [2.45, 2.75) is 76.7 Å². The first-order chi connectivity index (χ1) is 15.0. The molecule has 1 aliphatic rings. The van der Waals surface area contributed by atoms with E-state index in [1.54, 1.807) is 0 Å². The fourth-order valence-corrected chi connectivity index (χ4v) is 5.58. The normalized spacial score (nSPS) is 19.5. The number of hydrogen-bond donors (Lipinski definition) is 1. The van der Waals surface area contributed by atoms with E-state index < -0.39 is 6.10 Å². The topological polar surface area (TPSA) is 63.6 Å². The van der Waals surface area contributed by atoms with Gasteiger partial charge >= 0.3 is 5.97 Å². The van der Waals surface area contributed by atoms with Gasteiger partial charge in [-0.05, 0) is 61.3 Å². The maximum atomic E-state index is 12.6. The summed E-state index contributed by atoms with van der Waals surface area (Å²) in [5.41, 5.74) is 2.18. The Bertz CT molecular complexity index is 855. The Balaban J connectivity index is 1.55. The van der Waals surface area contributed by atoms with Crippen molar-refractivity contribution in [1.82, 2.24) is 0 Å². The first-order valence-electron chi connectivity index (χ1n) is 11.5. The average Bonchev–Trinajstić information content (AvgIpc) is 3.40. The average molecular weight is 443 g/mol. The number of ketones is 1. The third-order valence-electron chi connectivity index (χ3n) is 6.42. The minimum absolute atomic E-state index is 0.0698. The summed E-state index contributed by atoms with van der Waals surface area (Å²) in [6.45, 7) is 2.17. The van der Waals surface area contributed by atoms with Crippen molar-refractivity contribution in [3.8, 4) is 0 Å². The summed E-state index contributed by atoms with van der Waals surface area (Å²) in [7, 11) is 1.40. The number of esters is 1. The number of ether oxygens (including phenoxy) is 1. The molecule has 1 aromatic heterocycles. The molecule has 1 unspecified atom stereocenters. The number of thiophene rings is 1. The molecule has 1 aromatic carbocycles. The Morgan fingerprint density at radius 1 is 1.16 bits per heavy atom. The lowest BCUT2D eigenvalue weighted by Gasteiger charge is -2.20. The van der Waals surface area contributed by atoms with Gasteiger partial charge < -0.3 is 9.84 Å². The minimum atomic E-state index is -0.401. The third-order valence-corrected chi connectivity index (χ3v) is 7.54. The van der Waals surface area contributed by atoms with Crippen molar-refractivity contribution in [2.24, 2.45) is 5.92 Å². The molecule has 1 saturated carbocycles. The van der Waals surface area contributed by atoms with Gasteiger partial charge in [0.05, 0.1) is 13.2 Å². The van der Waals surface area contributed by atoms with E-state index in [0.29, 0.717) is 17.1 Å². The van der Waals surface area contributed by atoms with Crippen LogP contribution in [0.15, 0.2) is 36.4 Å². The zero-order valence-corrected chi connectivity index (χ0v) is 19.5. The summed E-state index contributed by atoms with van der Waals surface area (Å²) in [4.78, 5) is 26.0. The van der Waals surface area contributed by atoms with Gasteiger partial charge in [-0.15, -0.1) is 11.3 Å². The zero-order valence-electron chi connectivity index (χ0n) is 18.6. The van der Waals surface area contributed by atoms with Gasteiger partial charge in [-0.3, -0.25) is 4.79 Å². The van der Waals surface area contributed by atoms with Crippen molar-refractivity contribution in [3.63, 3.8) is 0 Å². The summed E-state index contributed by atoms with van der Waals surface area (Å²) in [5.74, 6) is 0.421. The maximum absolute atomic E-state index is 12.6. The molecule has 5 heteroatoms. The summed E-state index contributed by atoms with van der Waals surface area (Å²) in [6, 6.07) is 12.1. The van der Waals surface area contributed by atoms with Crippen molar-refractivity contribution >= 4 is 23.1 Å². The number of aryl methyl sites for hydroxylation is 1. The number of benzene rings is 1. The van der Waals surface area contributed by atoms with E-state index >= 15 is 0 Å². The lowest BCUT2D eigenvalue weighted by Crippen LogP contribution is -2.14. The Kier molecular flexibility index (Phi) is 8.85. The van der Waals surface area contributed by atoms with Crippen molar-refractivity contribution in [3.05, 3.63) is 57.3 Å². The highest BCUT2D eigenvalue weighted by Gasteiger charge is 2.35. The first-order valence-corrected chi connectivity index (χ1v) is 12.3. The lowest BCUT2D eigenvalue weighted by atomic mass is 9.84. The summed E-state index contributed by atoms with van der Waals surface area (Å²) in [6.07, 6.45) is 8.00. The van der Waals surface area contributed by atoms with Crippen LogP contribution in [-0.2, 0) is 16.0 Å². The summed E-state index contributed by atoms with van der Waals surface area (Å²) in [5, 5.41) is 10.4. The predicted octanol–water partition coefficient (Wildman–Crippen LogP) is 6.23. The zero-order chi connectivity index (χ0) is 22.2. The van der Waals surface area contributed by atoms with Crippen LogP contribution in [0.25, 0.3) is 0 Å². The number of Topliss-reactive ketones (excluding diaryl/α,β-unsaturated/α-hetero) is 1. The lowest BCUT2D eigenvalue weighted by molar-refractivity contribution is -0.121. The maximum Gasteiger partial charge on any atom is 0.348 e. The fraction of sp³-hybridized carbons (Fsp3) is 0.538. The van der Waals surface area contributed by atoms with Crippen LogP contribution >= 0.6 is 11.3 Å². The predicted molar refractivity (Wildman–Crippen MR) is 125 cm³/mol.